The van der Waals surface area contributed by atoms with Crippen molar-refractivity contribution >= 4 is 39.1 Å². The van der Waals surface area contributed by atoms with E-state index in [-0.39, 0.29) is 59.2 Å². The van der Waals surface area contributed by atoms with Crippen LogP contribution in [0.25, 0.3) is 0 Å². The molecule has 2 N–H and O–H groups in total. The molecular weight excluding hydrogens is 566 g/mol. The van der Waals surface area contributed by atoms with Gasteiger partial charge in [0.05, 0.1) is 35.1 Å². The minimum Gasteiger partial charge on any atom is -0.490 e. The lowest BCUT2D eigenvalue weighted by Crippen LogP contribution is -2.54. The Balaban J connectivity index is 1.25. The third-order valence-corrected chi connectivity index (χ3v) is 9.13. The van der Waals surface area contributed by atoms with Crippen LogP contribution in [-0.4, -0.2) is 57.0 Å². The first kappa shape index (κ1) is 28.9. The summed E-state index contributed by atoms with van der Waals surface area (Å²) in [6.45, 7) is 2.13. The molecule has 3 aromatic carbocycles. The fourth-order valence-corrected chi connectivity index (χ4v) is 6.43. The highest BCUT2D eigenvalue weighted by Gasteiger charge is 2.39. The summed E-state index contributed by atoms with van der Waals surface area (Å²) in [7, 11) is -2.18. The summed E-state index contributed by atoms with van der Waals surface area (Å²) in [6, 6.07) is 19.8. The number of carbonyl (C=O) groups is 2. The number of ether oxygens (including phenoxy) is 2. The molecule has 3 aromatic rings. The van der Waals surface area contributed by atoms with Gasteiger partial charge in [-0.3, -0.25) is 14.3 Å². The van der Waals surface area contributed by atoms with Crippen LogP contribution >= 0.6 is 11.6 Å². The second-order valence-electron chi connectivity index (χ2n) is 10.3. The topological polar surface area (TPSA) is 114 Å². The van der Waals surface area contributed by atoms with E-state index < -0.39 is 16.1 Å². The molecule has 1 fully saturated rings. The molecule has 2 aliphatic heterocycles. The molecule has 11 heteroatoms. The number of sulfonamides is 1. The van der Waals surface area contributed by atoms with E-state index in [1.807, 2.05) is 37.3 Å². The van der Waals surface area contributed by atoms with E-state index in [4.69, 9.17) is 21.1 Å². The molecule has 2 aliphatic rings. The van der Waals surface area contributed by atoms with Crippen molar-refractivity contribution in [3.05, 3.63) is 88.9 Å². The lowest BCUT2D eigenvalue weighted by atomic mass is 9.94. The maximum absolute atomic E-state index is 13.5. The smallest absolute Gasteiger partial charge is 0.261 e. The van der Waals surface area contributed by atoms with Gasteiger partial charge in [0.2, 0.25) is 5.91 Å². The molecule has 0 unspecified atom stereocenters. The monoisotopic (exact) mass is 597 g/mol. The van der Waals surface area contributed by atoms with Crippen LogP contribution in [0.4, 0.5) is 5.69 Å². The number of nitrogens with zero attached hydrogens (tertiary/aromatic N) is 1. The minimum atomic E-state index is -3.89. The highest BCUT2D eigenvalue weighted by atomic mass is 35.5. The van der Waals surface area contributed by atoms with Gasteiger partial charge >= 0.3 is 0 Å². The van der Waals surface area contributed by atoms with Crippen molar-refractivity contribution in [2.24, 2.45) is 0 Å². The highest BCUT2D eigenvalue weighted by molar-refractivity contribution is 7.92. The maximum atomic E-state index is 13.5. The molecule has 41 heavy (non-hydrogen) atoms. The molecule has 0 aromatic heterocycles. The second kappa shape index (κ2) is 12.1. The van der Waals surface area contributed by atoms with E-state index in [0.717, 1.165) is 5.56 Å². The Kier molecular flexibility index (Phi) is 8.53. The molecule has 216 valence electrons. The van der Waals surface area contributed by atoms with Crippen LogP contribution in [-0.2, 0) is 19.6 Å². The number of halogens is 1. The molecule has 2 amide bonds. The average molecular weight is 598 g/mol. The molecule has 0 saturated carbocycles. The number of carbonyl (C=O) groups excluding carboxylic acids is 2. The standard InChI is InChI=1S/C30H32ClN3O6S/c1-19(20-6-4-3-5-7-20)32-29(35)17-23-11-14-26-28(40-23)18-39-27-15-10-22(16-25(27)30(36)34(26)2)33-41(37,38)24-12-8-21(31)9-13-24/h3-10,12-13,15-16,19,23,26,28,33H,11,14,17-18H2,1-2H3,(H,32,35)/t19-,23-,26+,28-/m1/s1. The fraction of sp³-hybridized carbons (Fsp3) is 0.333. The second-order valence-corrected chi connectivity index (χ2v) is 12.5. The lowest BCUT2D eigenvalue weighted by molar-refractivity contribution is -0.134. The summed E-state index contributed by atoms with van der Waals surface area (Å²) in [6.07, 6.45) is 0.750. The summed E-state index contributed by atoms with van der Waals surface area (Å²) in [5.41, 5.74) is 1.51. The van der Waals surface area contributed by atoms with Crippen molar-refractivity contribution in [3.8, 4) is 5.75 Å². The van der Waals surface area contributed by atoms with E-state index in [1.165, 1.54) is 30.3 Å². The van der Waals surface area contributed by atoms with Gasteiger partial charge in [-0.2, -0.15) is 0 Å². The van der Waals surface area contributed by atoms with Gasteiger partial charge in [-0.25, -0.2) is 8.42 Å². The van der Waals surface area contributed by atoms with Crippen molar-refractivity contribution in [1.29, 1.82) is 0 Å². The quantitative estimate of drug-likeness (QED) is 0.405. The number of anilines is 1. The predicted octanol–water partition coefficient (Wildman–Crippen LogP) is 4.79. The Morgan fingerprint density at radius 1 is 1.07 bits per heavy atom. The number of benzene rings is 3. The zero-order chi connectivity index (χ0) is 29.1. The van der Waals surface area contributed by atoms with Crippen LogP contribution in [0.15, 0.2) is 77.7 Å². The van der Waals surface area contributed by atoms with Crippen LogP contribution in [0.3, 0.4) is 0 Å². The van der Waals surface area contributed by atoms with Crippen LogP contribution in [0.1, 0.15) is 48.1 Å². The van der Waals surface area contributed by atoms with Crippen molar-refractivity contribution in [3.63, 3.8) is 0 Å². The largest absolute Gasteiger partial charge is 0.490 e. The summed E-state index contributed by atoms with van der Waals surface area (Å²) >= 11 is 5.88. The van der Waals surface area contributed by atoms with Crippen molar-refractivity contribution < 1.29 is 27.5 Å². The van der Waals surface area contributed by atoms with E-state index in [0.29, 0.717) is 23.6 Å². The van der Waals surface area contributed by atoms with E-state index in [9.17, 15) is 18.0 Å². The SMILES string of the molecule is C[C@@H](NC(=O)C[C@H]1CC[C@H]2[C@@H](COc3ccc(NS(=O)(=O)c4ccc(Cl)cc4)cc3C(=O)N2C)O1)c1ccccc1. The van der Waals surface area contributed by atoms with Crippen LogP contribution in [0, 0.1) is 0 Å². The van der Waals surface area contributed by atoms with Crippen LogP contribution in [0.5, 0.6) is 5.75 Å². The Labute approximate surface area is 244 Å². The van der Waals surface area contributed by atoms with Crippen molar-refractivity contribution in [2.75, 3.05) is 18.4 Å². The third kappa shape index (κ3) is 6.66. The van der Waals surface area contributed by atoms with Crippen LogP contribution in [0.2, 0.25) is 5.02 Å². The lowest BCUT2D eigenvalue weighted by Gasteiger charge is -2.42. The molecule has 9 nitrogen and oxygen atoms in total. The van der Waals surface area contributed by atoms with Crippen molar-refractivity contribution in [1.82, 2.24) is 10.2 Å². The van der Waals surface area contributed by atoms with Gasteiger partial charge in [0, 0.05) is 17.8 Å². The zero-order valence-electron chi connectivity index (χ0n) is 22.7. The molecule has 4 atom stereocenters. The molecule has 0 bridgehead atoms. The number of amides is 2. The molecule has 5 rings (SSSR count). The molecule has 1 saturated heterocycles. The first-order valence-corrected chi connectivity index (χ1v) is 15.3. The van der Waals surface area contributed by atoms with E-state index in [2.05, 4.69) is 10.0 Å². The number of fused-ring (bicyclic) bond motifs is 2. The minimum absolute atomic E-state index is 0.0493. The Morgan fingerprint density at radius 2 is 1.80 bits per heavy atom. The van der Waals surface area contributed by atoms with Gasteiger partial charge in [-0.05, 0) is 67.8 Å². The van der Waals surface area contributed by atoms with Gasteiger partial charge < -0.3 is 19.7 Å². The zero-order valence-corrected chi connectivity index (χ0v) is 24.3. The van der Waals surface area contributed by atoms with Gasteiger partial charge in [-0.1, -0.05) is 41.9 Å². The van der Waals surface area contributed by atoms with Gasteiger partial charge in [0.15, 0.2) is 0 Å². The predicted molar refractivity (Wildman–Crippen MR) is 156 cm³/mol. The van der Waals surface area contributed by atoms with Crippen LogP contribution < -0.4 is 14.8 Å². The highest BCUT2D eigenvalue weighted by Crippen LogP contribution is 2.33. The Morgan fingerprint density at radius 3 is 2.54 bits per heavy atom. The van der Waals surface area contributed by atoms with E-state index >= 15 is 0 Å². The maximum Gasteiger partial charge on any atom is 0.261 e. The number of hydrogen-bond acceptors (Lipinski definition) is 6. The molecule has 0 aliphatic carbocycles. The number of nitrogens with one attached hydrogen (secondary N) is 2. The molecular formula is C30H32ClN3O6S. The summed E-state index contributed by atoms with van der Waals surface area (Å²) in [4.78, 5) is 27.9. The fourth-order valence-electron chi connectivity index (χ4n) is 5.25. The number of rotatable bonds is 7. The average Bonchev–Trinajstić information content (AvgIpc) is 2.95. The van der Waals surface area contributed by atoms with Crippen molar-refractivity contribution in [2.45, 2.75) is 55.4 Å². The molecule has 0 radical (unpaired) electrons. The first-order chi connectivity index (χ1) is 19.6. The number of hydrogen-bond donors (Lipinski definition) is 2. The summed E-state index contributed by atoms with van der Waals surface area (Å²) in [5, 5.41) is 3.46. The van der Waals surface area contributed by atoms with Gasteiger partial charge in [-0.15, -0.1) is 0 Å². The number of likely N-dealkylation sites (N-methyl/N-ethyl adjacent to an activating group) is 1. The summed E-state index contributed by atoms with van der Waals surface area (Å²) < 4.78 is 40.5. The van der Waals surface area contributed by atoms with Gasteiger partial charge in [0.1, 0.15) is 18.5 Å². The normalized spacial score (nSPS) is 21.4. The Bertz CT molecular complexity index is 1520. The molecule has 0 spiro atoms. The first-order valence-electron chi connectivity index (χ1n) is 13.4. The molecule has 2 heterocycles. The van der Waals surface area contributed by atoms with E-state index in [1.54, 1.807) is 24.1 Å². The third-order valence-electron chi connectivity index (χ3n) is 7.48. The Hall–Kier alpha value is -3.60. The summed E-state index contributed by atoms with van der Waals surface area (Å²) in [5.74, 6) is -0.0754. The van der Waals surface area contributed by atoms with Gasteiger partial charge in [0.25, 0.3) is 15.9 Å².